The number of rotatable bonds is 1. The molecule has 0 amide bonds. The van der Waals surface area contributed by atoms with Crippen LogP contribution in [0.25, 0.3) is 0 Å². The largest absolute Gasteiger partial charge is 0.394 e. The molecule has 6 nitrogen and oxygen atoms in total. The first-order chi connectivity index (χ1) is 5.57. The van der Waals surface area contributed by atoms with Gasteiger partial charge in [-0.1, -0.05) is 0 Å². The van der Waals surface area contributed by atoms with Crippen LogP contribution in [0.4, 0.5) is 0 Å². The molecular formula is C6H13NO5. The molecule has 0 aromatic heterocycles. The first-order valence-electron chi connectivity index (χ1n) is 3.64. The lowest BCUT2D eigenvalue weighted by Crippen LogP contribution is -2.61. The molecule has 72 valence electrons. The van der Waals surface area contributed by atoms with E-state index in [4.69, 9.17) is 20.7 Å². The van der Waals surface area contributed by atoms with Crippen LogP contribution in [0.3, 0.4) is 0 Å². The Bertz CT molecular complexity index is 150. The van der Waals surface area contributed by atoms with Crippen molar-refractivity contribution in [2.75, 3.05) is 6.61 Å². The molecule has 1 aliphatic rings. The lowest BCUT2D eigenvalue weighted by Gasteiger charge is -2.38. The van der Waals surface area contributed by atoms with E-state index < -0.39 is 37.3 Å². The maximum atomic E-state index is 9.20. The monoisotopic (exact) mass is 179 g/mol. The summed E-state index contributed by atoms with van der Waals surface area (Å²) in [5, 5.41) is 36.1. The molecule has 1 aliphatic heterocycles. The smallest absolute Gasteiger partial charge is 0.173 e. The van der Waals surface area contributed by atoms with Crippen LogP contribution >= 0.6 is 0 Å². The van der Waals surface area contributed by atoms with Crippen LogP contribution in [0.1, 0.15) is 0 Å². The Kier molecular flexibility index (Phi) is 2.99. The fourth-order valence-electron chi connectivity index (χ4n) is 1.12. The summed E-state index contributed by atoms with van der Waals surface area (Å²) in [5.74, 6) is 0. The highest BCUT2D eigenvalue weighted by Gasteiger charge is 2.41. The fraction of sp³-hybridized carbons (Fsp3) is 1.00. The molecular weight excluding hydrogens is 166 g/mol. The van der Waals surface area contributed by atoms with Crippen molar-refractivity contribution in [3.8, 4) is 0 Å². The van der Waals surface area contributed by atoms with Crippen LogP contribution in [-0.2, 0) is 4.74 Å². The van der Waals surface area contributed by atoms with Gasteiger partial charge in [0.25, 0.3) is 0 Å². The average Bonchev–Trinajstić information content (AvgIpc) is 2.08. The first kappa shape index (κ1) is 9.85. The molecule has 1 unspecified atom stereocenters. The quantitative estimate of drug-likeness (QED) is 0.288. The summed E-state index contributed by atoms with van der Waals surface area (Å²) in [7, 11) is 0. The van der Waals surface area contributed by atoms with Gasteiger partial charge in [0, 0.05) is 0 Å². The average molecular weight is 179 g/mol. The van der Waals surface area contributed by atoms with Crippen molar-refractivity contribution in [2.45, 2.75) is 30.6 Å². The molecule has 0 aliphatic carbocycles. The number of hydrogen-bond donors (Lipinski definition) is 5. The molecule has 1 saturated heterocycles. The molecule has 0 aromatic carbocycles. The van der Waals surface area contributed by atoms with Crippen LogP contribution in [-0.4, -0.2) is 57.7 Å². The van der Waals surface area contributed by atoms with Crippen LogP contribution in [0, 0.1) is 0 Å². The van der Waals surface area contributed by atoms with E-state index in [1.807, 2.05) is 0 Å². The molecule has 5 atom stereocenters. The Labute approximate surface area is 69.2 Å². The first-order valence-corrected chi connectivity index (χ1v) is 3.64. The third-order valence-electron chi connectivity index (χ3n) is 1.95. The Morgan fingerprint density at radius 2 is 1.75 bits per heavy atom. The van der Waals surface area contributed by atoms with Crippen molar-refractivity contribution in [1.82, 2.24) is 0 Å². The highest BCUT2D eigenvalue weighted by Crippen LogP contribution is 2.17. The summed E-state index contributed by atoms with van der Waals surface area (Å²) >= 11 is 0. The van der Waals surface area contributed by atoms with Crippen molar-refractivity contribution in [3.63, 3.8) is 0 Å². The molecule has 12 heavy (non-hydrogen) atoms. The van der Waals surface area contributed by atoms with E-state index in [2.05, 4.69) is 0 Å². The Hall–Kier alpha value is -0.240. The second-order valence-corrected chi connectivity index (χ2v) is 2.81. The van der Waals surface area contributed by atoms with E-state index in [0.29, 0.717) is 0 Å². The van der Waals surface area contributed by atoms with Gasteiger partial charge in [0.2, 0.25) is 0 Å². The summed E-state index contributed by atoms with van der Waals surface area (Å²) in [6, 6.07) is -1.04. The Morgan fingerprint density at radius 1 is 1.17 bits per heavy atom. The SMILES string of the molecule is N[C@H]1[C@@H](O)[C@H](O)C(CO)O[C@@H]1O. The highest BCUT2D eigenvalue weighted by molar-refractivity contribution is 4.90. The van der Waals surface area contributed by atoms with Gasteiger partial charge < -0.3 is 30.9 Å². The second-order valence-electron chi connectivity index (χ2n) is 2.81. The molecule has 6 heteroatoms. The van der Waals surface area contributed by atoms with E-state index in [-0.39, 0.29) is 0 Å². The zero-order chi connectivity index (χ0) is 9.30. The topological polar surface area (TPSA) is 116 Å². The minimum Gasteiger partial charge on any atom is -0.394 e. The van der Waals surface area contributed by atoms with Crippen molar-refractivity contribution in [3.05, 3.63) is 0 Å². The Morgan fingerprint density at radius 3 is 2.25 bits per heavy atom. The molecule has 6 N–H and O–H groups in total. The number of aliphatic hydroxyl groups excluding tert-OH is 4. The predicted octanol–water partition coefficient (Wildman–Crippen LogP) is -3.26. The maximum absolute atomic E-state index is 9.20. The molecule has 0 bridgehead atoms. The molecule has 0 spiro atoms. The van der Waals surface area contributed by atoms with Gasteiger partial charge in [0.05, 0.1) is 12.6 Å². The third kappa shape index (κ3) is 1.58. The number of aliphatic hydroxyl groups is 4. The van der Waals surface area contributed by atoms with Gasteiger partial charge >= 0.3 is 0 Å². The van der Waals surface area contributed by atoms with Gasteiger partial charge in [-0.15, -0.1) is 0 Å². The normalized spacial score (nSPS) is 49.2. The number of ether oxygens (including phenoxy) is 1. The van der Waals surface area contributed by atoms with E-state index in [9.17, 15) is 10.2 Å². The molecule has 1 heterocycles. The zero-order valence-corrected chi connectivity index (χ0v) is 6.37. The molecule has 0 saturated carbocycles. The summed E-state index contributed by atoms with van der Waals surface area (Å²) < 4.78 is 4.70. The molecule has 1 fully saturated rings. The van der Waals surface area contributed by atoms with Crippen LogP contribution in [0.2, 0.25) is 0 Å². The standard InChI is InChI=1S/C6H13NO5/c7-3-5(10)4(9)2(1-8)12-6(3)11/h2-6,8-11H,1,7H2/t2?,3-,4+,5+,6-/m0/s1. The maximum Gasteiger partial charge on any atom is 0.173 e. The van der Waals surface area contributed by atoms with Crippen molar-refractivity contribution < 1.29 is 25.2 Å². The van der Waals surface area contributed by atoms with E-state index in [1.165, 1.54) is 0 Å². The summed E-state index contributed by atoms with van der Waals surface area (Å²) in [6.07, 6.45) is -4.85. The van der Waals surface area contributed by atoms with Crippen LogP contribution in [0.5, 0.6) is 0 Å². The van der Waals surface area contributed by atoms with Crippen molar-refractivity contribution in [1.29, 1.82) is 0 Å². The molecule has 0 aromatic rings. The van der Waals surface area contributed by atoms with Gasteiger partial charge in [-0.25, -0.2) is 0 Å². The summed E-state index contributed by atoms with van der Waals surface area (Å²) in [6.45, 7) is -0.470. The van der Waals surface area contributed by atoms with E-state index >= 15 is 0 Å². The Balaban J connectivity index is 2.63. The summed E-state index contributed by atoms with van der Waals surface area (Å²) in [5.41, 5.74) is 5.26. The van der Waals surface area contributed by atoms with E-state index in [1.54, 1.807) is 0 Å². The van der Waals surface area contributed by atoms with E-state index in [0.717, 1.165) is 0 Å². The molecule has 1 rings (SSSR count). The lowest BCUT2D eigenvalue weighted by molar-refractivity contribution is -0.248. The van der Waals surface area contributed by atoms with Crippen molar-refractivity contribution in [2.24, 2.45) is 5.73 Å². The van der Waals surface area contributed by atoms with Crippen molar-refractivity contribution >= 4 is 0 Å². The minimum absolute atomic E-state index is 0.470. The lowest BCUT2D eigenvalue weighted by atomic mass is 9.98. The predicted molar refractivity (Wildman–Crippen MR) is 38.0 cm³/mol. The van der Waals surface area contributed by atoms with Crippen LogP contribution in [0.15, 0.2) is 0 Å². The fourth-order valence-corrected chi connectivity index (χ4v) is 1.12. The summed E-state index contributed by atoms with van der Waals surface area (Å²) in [4.78, 5) is 0. The van der Waals surface area contributed by atoms with Gasteiger partial charge in [-0.2, -0.15) is 0 Å². The number of nitrogens with two attached hydrogens (primary N) is 1. The van der Waals surface area contributed by atoms with Gasteiger partial charge in [-0.3, -0.25) is 0 Å². The van der Waals surface area contributed by atoms with Gasteiger partial charge in [0.1, 0.15) is 18.3 Å². The third-order valence-corrected chi connectivity index (χ3v) is 1.95. The second kappa shape index (κ2) is 3.65. The number of hydrogen-bond acceptors (Lipinski definition) is 6. The highest BCUT2D eigenvalue weighted by atomic mass is 16.6. The van der Waals surface area contributed by atoms with Gasteiger partial charge in [0.15, 0.2) is 6.29 Å². The minimum atomic E-state index is -1.35. The zero-order valence-electron chi connectivity index (χ0n) is 6.37. The van der Waals surface area contributed by atoms with Gasteiger partial charge in [-0.05, 0) is 0 Å². The molecule has 0 radical (unpaired) electrons. The van der Waals surface area contributed by atoms with Crippen LogP contribution < -0.4 is 5.73 Å².